The molecule has 2 rings (SSSR count). The van der Waals surface area contributed by atoms with Crippen LogP contribution in [0.4, 0.5) is 10.1 Å². The lowest BCUT2D eigenvalue weighted by Gasteiger charge is -2.17. The highest BCUT2D eigenvalue weighted by atomic mass is 19.1. The van der Waals surface area contributed by atoms with Crippen LogP contribution in [0.5, 0.6) is 5.75 Å². The van der Waals surface area contributed by atoms with Gasteiger partial charge in [0.1, 0.15) is 11.6 Å². The molecule has 0 spiro atoms. The van der Waals surface area contributed by atoms with E-state index in [0.29, 0.717) is 17.9 Å². The van der Waals surface area contributed by atoms with Crippen molar-refractivity contribution in [3.63, 3.8) is 0 Å². The fourth-order valence-corrected chi connectivity index (χ4v) is 2.08. The summed E-state index contributed by atoms with van der Waals surface area (Å²) in [5, 5.41) is 5.33. The van der Waals surface area contributed by atoms with Crippen molar-refractivity contribution in [3.05, 3.63) is 59.9 Å². The summed E-state index contributed by atoms with van der Waals surface area (Å²) in [5.74, 6) is 0.0762. The van der Waals surface area contributed by atoms with Gasteiger partial charge in [0, 0.05) is 11.8 Å². The zero-order valence-electron chi connectivity index (χ0n) is 13.9. The molecule has 0 fully saturated rings. The number of halogens is 1. The van der Waals surface area contributed by atoms with Gasteiger partial charge in [-0.25, -0.2) is 4.39 Å². The average molecular weight is 328 g/mol. The first-order chi connectivity index (χ1) is 11.7. The molecule has 0 aliphatic carbocycles. The zero-order valence-corrected chi connectivity index (χ0v) is 13.9. The second kappa shape index (κ2) is 8.82. The fraction of sp³-hybridized carbons (Fsp3) is 0.263. The van der Waals surface area contributed by atoms with E-state index in [4.69, 9.17) is 4.74 Å². The van der Waals surface area contributed by atoms with E-state index in [0.717, 1.165) is 18.6 Å². The normalized spacial score (nSPS) is 10.8. The summed E-state index contributed by atoms with van der Waals surface area (Å²) in [6.45, 7) is 4.48. The Morgan fingerprint density at radius 3 is 2.42 bits per heavy atom. The number of rotatable bonds is 7. The lowest BCUT2D eigenvalue weighted by atomic mass is 10.2. The molecule has 0 aliphatic rings. The van der Waals surface area contributed by atoms with Crippen molar-refractivity contribution < 1.29 is 13.9 Å². The van der Waals surface area contributed by atoms with E-state index in [1.807, 2.05) is 0 Å². The number of carbonyl (C=O) groups is 1. The first kappa shape index (κ1) is 17.7. The molecule has 0 atom stereocenters. The fourth-order valence-electron chi connectivity index (χ4n) is 2.08. The van der Waals surface area contributed by atoms with Gasteiger partial charge in [-0.05, 0) is 61.9 Å². The van der Waals surface area contributed by atoms with Gasteiger partial charge in [-0.1, -0.05) is 13.3 Å². The van der Waals surface area contributed by atoms with Crippen molar-refractivity contribution in [3.8, 4) is 5.75 Å². The molecule has 0 bridgehead atoms. The third-order valence-electron chi connectivity index (χ3n) is 3.36. The summed E-state index contributed by atoms with van der Waals surface area (Å²) in [6, 6.07) is 12.6. The smallest absolute Gasteiger partial charge is 0.278 e. The summed E-state index contributed by atoms with van der Waals surface area (Å²) >= 11 is 0. The van der Waals surface area contributed by atoms with Crippen LogP contribution in [0.3, 0.4) is 0 Å². The maximum Gasteiger partial charge on any atom is 0.278 e. The van der Waals surface area contributed by atoms with Gasteiger partial charge in [0.15, 0.2) is 0 Å². The van der Waals surface area contributed by atoms with Crippen LogP contribution in [0.25, 0.3) is 0 Å². The van der Waals surface area contributed by atoms with Gasteiger partial charge in [0.05, 0.1) is 12.3 Å². The molecule has 0 unspecified atom stereocenters. The van der Waals surface area contributed by atoms with E-state index in [1.54, 1.807) is 31.2 Å². The Morgan fingerprint density at radius 1 is 1.17 bits per heavy atom. The molecule has 0 heterocycles. The lowest BCUT2D eigenvalue weighted by Crippen LogP contribution is -2.25. The Hall–Kier alpha value is -2.69. The van der Waals surface area contributed by atoms with E-state index in [-0.39, 0.29) is 11.7 Å². The largest absolute Gasteiger partial charge is 0.494 e. The minimum absolute atomic E-state index is 0.292. The van der Waals surface area contributed by atoms with E-state index in [2.05, 4.69) is 12.0 Å². The first-order valence-electron chi connectivity index (χ1n) is 7.97. The van der Waals surface area contributed by atoms with Crippen LogP contribution < -0.4 is 9.75 Å². The maximum atomic E-state index is 13.1. The zero-order chi connectivity index (χ0) is 17.4. The SMILES string of the molecule is C/C=N/N(C(=O)c1ccc(OCCCC)cc1)c1ccc(F)cc1. The van der Waals surface area contributed by atoms with E-state index < -0.39 is 0 Å². The van der Waals surface area contributed by atoms with Gasteiger partial charge in [-0.2, -0.15) is 10.1 Å². The Kier molecular flexibility index (Phi) is 6.49. The third-order valence-corrected chi connectivity index (χ3v) is 3.36. The minimum atomic E-state index is -0.361. The highest BCUT2D eigenvalue weighted by Crippen LogP contribution is 2.20. The van der Waals surface area contributed by atoms with Gasteiger partial charge in [-0.3, -0.25) is 4.79 Å². The monoisotopic (exact) mass is 328 g/mol. The second-order valence-corrected chi connectivity index (χ2v) is 5.19. The highest BCUT2D eigenvalue weighted by molar-refractivity contribution is 6.06. The van der Waals surface area contributed by atoms with E-state index in [9.17, 15) is 9.18 Å². The summed E-state index contributed by atoms with van der Waals surface area (Å²) in [4.78, 5) is 12.7. The number of hydrogen-bond donors (Lipinski definition) is 0. The summed E-state index contributed by atoms with van der Waals surface area (Å²) in [7, 11) is 0. The van der Waals surface area contributed by atoms with Crippen molar-refractivity contribution in [1.29, 1.82) is 0 Å². The van der Waals surface area contributed by atoms with Gasteiger partial charge < -0.3 is 4.74 Å². The summed E-state index contributed by atoms with van der Waals surface area (Å²) < 4.78 is 18.7. The van der Waals surface area contributed by atoms with Gasteiger partial charge in [0.25, 0.3) is 5.91 Å². The molecule has 0 saturated carbocycles. The molecule has 2 aromatic rings. The number of nitrogens with zero attached hydrogens (tertiary/aromatic N) is 2. The maximum absolute atomic E-state index is 13.1. The van der Waals surface area contributed by atoms with Crippen LogP contribution in [-0.4, -0.2) is 18.7 Å². The Labute approximate surface area is 141 Å². The van der Waals surface area contributed by atoms with Crippen LogP contribution >= 0.6 is 0 Å². The average Bonchev–Trinajstić information content (AvgIpc) is 2.61. The number of unbranched alkanes of at least 4 members (excludes halogenated alkanes) is 1. The van der Waals surface area contributed by atoms with Crippen molar-refractivity contribution >= 4 is 17.8 Å². The molecule has 0 aromatic heterocycles. The Morgan fingerprint density at radius 2 is 1.83 bits per heavy atom. The molecule has 126 valence electrons. The highest BCUT2D eigenvalue weighted by Gasteiger charge is 2.17. The predicted octanol–water partition coefficient (Wildman–Crippen LogP) is 4.66. The predicted molar refractivity (Wildman–Crippen MR) is 94.2 cm³/mol. The summed E-state index contributed by atoms with van der Waals surface area (Å²) in [5.41, 5.74) is 0.982. The number of hydrazone groups is 1. The summed E-state index contributed by atoms with van der Waals surface area (Å²) in [6.07, 6.45) is 3.58. The van der Waals surface area contributed by atoms with Crippen LogP contribution in [0, 0.1) is 5.82 Å². The molecular weight excluding hydrogens is 307 g/mol. The number of benzene rings is 2. The number of amides is 1. The number of ether oxygens (including phenoxy) is 1. The topological polar surface area (TPSA) is 41.9 Å². The minimum Gasteiger partial charge on any atom is -0.494 e. The lowest BCUT2D eigenvalue weighted by molar-refractivity contribution is 0.0987. The number of anilines is 1. The molecular formula is C19H21FN2O2. The van der Waals surface area contributed by atoms with Crippen LogP contribution in [0.1, 0.15) is 37.0 Å². The van der Waals surface area contributed by atoms with Crippen molar-refractivity contribution in [2.24, 2.45) is 5.10 Å². The van der Waals surface area contributed by atoms with Crippen molar-refractivity contribution in [2.45, 2.75) is 26.7 Å². The first-order valence-corrected chi connectivity index (χ1v) is 7.97. The standard InChI is InChI=1S/C19H21FN2O2/c1-3-5-14-24-18-12-6-15(7-13-18)19(23)22(21-4-2)17-10-8-16(20)9-11-17/h4,6-13H,3,5,14H2,1-2H3/b21-4+. The number of carbonyl (C=O) groups excluding carboxylic acids is 1. The van der Waals surface area contributed by atoms with E-state index in [1.165, 1.54) is 35.5 Å². The molecule has 4 nitrogen and oxygen atoms in total. The molecule has 0 radical (unpaired) electrons. The van der Waals surface area contributed by atoms with E-state index >= 15 is 0 Å². The number of hydrogen-bond acceptors (Lipinski definition) is 3. The van der Waals surface area contributed by atoms with Gasteiger partial charge in [0.2, 0.25) is 0 Å². The molecule has 24 heavy (non-hydrogen) atoms. The second-order valence-electron chi connectivity index (χ2n) is 5.19. The van der Waals surface area contributed by atoms with Crippen LogP contribution in [0.2, 0.25) is 0 Å². The molecule has 5 heteroatoms. The van der Waals surface area contributed by atoms with Crippen LogP contribution in [-0.2, 0) is 0 Å². The molecule has 1 amide bonds. The van der Waals surface area contributed by atoms with Gasteiger partial charge in [-0.15, -0.1) is 0 Å². The van der Waals surface area contributed by atoms with Crippen LogP contribution in [0.15, 0.2) is 53.6 Å². The Balaban J connectivity index is 2.16. The molecule has 0 saturated heterocycles. The Bertz CT molecular complexity index is 682. The quantitative estimate of drug-likeness (QED) is 0.421. The van der Waals surface area contributed by atoms with Gasteiger partial charge >= 0.3 is 0 Å². The molecule has 0 N–H and O–H groups in total. The van der Waals surface area contributed by atoms with Crippen molar-refractivity contribution in [1.82, 2.24) is 0 Å². The molecule has 2 aromatic carbocycles. The molecule has 0 aliphatic heterocycles. The van der Waals surface area contributed by atoms with Crippen molar-refractivity contribution in [2.75, 3.05) is 11.6 Å². The third kappa shape index (κ3) is 4.65.